The maximum absolute atomic E-state index is 13.6. The maximum Gasteiger partial charge on any atom is 0.438 e. The highest BCUT2D eigenvalue weighted by Crippen LogP contribution is 2.59. The van der Waals surface area contributed by atoms with Gasteiger partial charge in [-0.25, -0.2) is 4.79 Å². The number of carbonyl (C=O) groups excluding carboxylic acids is 3. The van der Waals surface area contributed by atoms with Gasteiger partial charge in [0.25, 0.3) is 10.1 Å². The highest BCUT2D eigenvalue weighted by Gasteiger charge is 2.76. The smallest absolute Gasteiger partial charge is 0.434 e. The first-order valence-electron chi connectivity index (χ1n) is 11.5. The van der Waals surface area contributed by atoms with Gasteiger partial charge in [-0.2, -0.15) is 34.8 Å². The molecule has 0 aliphatic heterocycles. The van der Waals surface area contributed by atoms with Crippen LogP contribution in [0.3, 0.4) is 0 Å². The SMILES string of the molecule is Cc1ccc(C(=O)OC(CS(=O)(=O)O)(C(F)(F)F)C(F)(F)F)c(OC(=O)C23CC4CC(C2)C(=O)C(C4)C3)c1. The first-order chi connectivity index (χ1) is 17.3. The average Bonchev–Trinajstić information content (AvgIpc) is 2.73. The van der Waals surface area contributed by atoms with E-state index in [9.17, 15) is 49.1 Å². The third-order valence-corrected chi connectivity index (χ3v) is 8.33. The molecule has 2 atom stereocenters. The van der Waals surface area contributed by atoms with E-state index in [0.29, 0.717) is 24.8 Å². The van der Waals surface area contributed by atoms with Gasteiger partial charge in [-0.1, -0.05) is 6.07 Å². The number of hydrogen-bond donors (Lipinski definition) is 1. The molecule has 8 nitrogen and oxygen atoms in total. The molecular weight excluding hydrogens is 550 g/mol. The quantitative estimate of drug-likeness (QED) is 0.233. The van der Waals surface area contributed by atoms with Gasteiger partial charge in [0, 0.05) is 11.8 Å². The zero-order valence-electron chi connectivity index (χ0n) is 19.7. The van der Waals surface area contributed by atoms with Gasteiger partial charge in [-0.3, -0.25) is 14.1 Å². The Morgan fingerprint density at radius 3 is 2.08 bits per heavy atom. The van der Waals surface area contributed by atoms with Crippen LogP contribution in [-0.2, 0) is 24.4 Å². The molecule has 0 radical (unpaired) electrons. The van der Waals surface area contributed by atoms with Crippen LogP contribution < -0.4 is 4.74 Å². The average molecular weight is 572 g/mol. The number of halogens is 6. The number of ketones is 1. The van der Waals surface area contributed by atoms with Crippen molar-refractivity contribution in [1.29, 1.82) is 0 Å². The maximum atomic E-state index is 13.6. The molecular formula is C23H22F6O8S. The van der Waals surface area contributed by atoms with E-state index in [1.807, 2.05) is 0 Å². The van der Waals surface area contributed by atoms with Crippen molar-refractivity contribution in [2.75, 3.05) is 5.75 Å². The molecule has 5 rings (SSSR count). The molecule has 0 spiro atoms. The molecule has 0 saturated heterocycles. The van der Waals surface area contributed by atoms with Crippen molar-refractivity contribution in [2.45, 2.75) is 57.0 Å². The van der Waals surface area contributed by atoms with Gasteiger partial charge in [0.1, 0.15) is 22.8 Å². The number of benzene rings is 1. The molecule has 4 aliphatic carbocycles. The molecule has 4 bridgehead atoms. The molecule has 1 aromatic rings. The number of carbonyl (C=O) groups is 3. The Bertz CT molecular complexity index is 1250. The zero-order chi connectivity index (χ0) is 28.5. The van der Waals surface area contributed by atoms with Crippen molar-refractivity contribution in [3.05, 3.63) is 29.3 Å². The summed E-state index contributed by atoms with van der Waals surface area (Å²) in [6.45, 7) is 1.45. The Kier molecular flexibility index (Phi) is 6.66. The minimum atomic E-state index is -6.51. The van der Waals surface area contributed by atoms with Gasteiger partial charge in [0.05, 0.1) is 5.41 Å². The third-order valence-electron chi connectivity index (χ3n) is 7.56. The summed E-state index contributed by atoms with van der Waals surface area (Å²) in [5.41, 5.74) is -7.39. The number of aryl methyl sites for hydroxylation is 1. The van der Waals surface area contributed by atoms with E-state index in [1.54, 1.807) is 0 Å². The number of rotatable bonds is 6. The van der Waals surface area contributed by atoms with Gasteiger partial charge < -0.3 is 9.47 Å². The largest absolute Gasteiger partial charge is 0.438 e. The molecule has 4 saturated carbocycles. The molecule has 0 heterocycles. The molecule has 4 fully saturated rings. The Labute approximate surface area is 212 Å². The van der Waals surface area contributed by atoms with E-state index in [2.05, 4.69) is 4.74 Å². The lowest BCUT2D eigenvalue weighted by Gasteiger charge is -2.53. The van der Waals surface area contributed by atoms with E-state index in [4.69, 9.17) is 9.29 Å². The third kappa shape index (κ3) is 4.90. The Morgan fingerprint density at radius 1 is 1.03 bits per heavy atom. The van der Waals surface area contributed by atoms with E-state index in [1.165, 1.54) is 6.92 Å². The van der Waals surface area contributed by atoms with Crippen molar-refractivity contribution in [2.24, 2.45) is 23.2 Å². The molecule has 2 unspecified atom stereocenters. The van der Waals surface area contributed by atoms with Crippen LogP contribution in [0.25, 0.3) is 0 Å². The lowest BCUT2D eigenvalue weighted by atomic mass is 9.49. The van der Waals surface area contributed by atoms with Crippen LogP contribution >= 0.6 is 0 Å². The lowest BCUT2D eigenvalue weighted by molar-refractivity contribution is -0.356. The van der Waals surface area contributed by atoms with Gasteiger partial charge in [-0.05, 0) is 62.6 Å². The van der Waals surface area contributed by atoms with Crippen LogP contribution in [0, 0.1) is 30.1 Å². The minimum absolute atomic E-state index is 0.0543. The second-order valence-electron chi connectivity index (χ2n) is 10.4. The fraction of sp³-hybridized carbons (Fsp3) is 0.609. The van der Waals surface area contributed by atoms with E-state index in [-0.39, 0.29) is 36.4 Å². The Balaban J connectivity index is 1.68. The molecule has 210 valence electrons. The summed E-state index contributed by atoms with van der Waals surface area (Å²) in [5.74, 6) is -7.45. The number of hydrogen-bond acceptors (Lipinski definition) is 7. The second kappa shape index (κ2) is 8.93. The summed E-state index contributed by atoms with van der Waals surface area (Å²) >= 11 is 0. The van der Waals surface area contributed by atoms with Crippen molar-refractivity contribution >= 4 is 27.8 Å². The van der Waals surface area contributed by atoms with E-state index < -0.39 is 62.5 Å². The summed E-state index contributed by atoms with van der Waals surface area (Å²) in [4.78, 5) is 38.4. The summed E-state index contributed by atoms with van der Waals surface area (Å²) in [6, 6.07) is 2.93. The standard InChI is InChI=1S/C23H22F6O8S/c1-11-2-3-15(18(31)37-21(22(24,25)26,23(27,28)29)10-38(33,34)35)16(4-11)36-19(32)20-7-12-5-13(8-20)17(30)14(6-12)9-20/h2-4,12-14H,5-10H2,1H3,(H,33,34,35). The Hall–Kier alpha value is -2.68. The molecule has 1 aromatic carbocycles. The molecule has 0 aromatic heterocycles. The van der Waals surface area contributed by atoms with Gasteiger partial charge in [0.2, 0.25) is 0 Å². The van der Waals surface area contributed by atoms with Gasteiger partial charge >= 0.3 is 29.9 Å². The van der Waals surface area contributed by atoms with Crippen molar-refractivity contribution in [3.63, 3.8) is 0 Å². The van der Waals surface area contributed by atoms with Crippen LogP contribution in [0.5, 0.6) is 5.75 Å². The molecule has 38 heavy (non-hydrogen) atoms. The minimum Gasteiger partial charge on any atom is -0.434 e. The van der Waals surface area contributed by atoms with Crippen LogP contribution in [0.15, 0.2) is 18.2 Å². The molecule has 0 amide bonds. The fourth-order valence-electron chi connectivity index (χ4n) is 6.03. The van der Waals surface area contributed by atoms with E-state index >= 15 is 0 Å². The number of alkyl halides is 6. The predicted molar refractivity (Wildman–Crippen MR) is 114 cm³/mol. The number of ether oxygens (including phenoxy) is 2. The highest BCUT2D eigenvalue weighted by molar-refractivity contribution is 7.85. The van der Waals surface area contributed by atoms with Crippen LogP contribution in [-0.4, -0.2) is 54.4 Å². The monoisotopic (exact) mass is 572 g/mol. The topological polar surface area (TPSA) is 124 Å². The first-order valence-corrected chi connectivity index (χ1v) is 13.1. The fourth-order valence-corrected chi connectivity index (χ4v) is 6.93. The highest BCUT2D eigenvalue weighted by atomic mass is 32.2. The normalized spacial score (nSPS) is 27.4. The van der Waals surface area contributed by atoms with Crippen molar-refractivity contribution in [3.8, 4) is 5.75 Å². The van der Waals surface area contributed by atoms with Gasteiger partial charge in [0.15, 0.2) is 0 Å². The lowest BCUT2D eigenvalue weighted by Crippen LogP contribution is -2.63. The first kappa shape index (κ1) is 28.3. The second-order valence-corrected chi connectivity index (χ2v) is 11.8. The summed E-state index contributed by atoms with van der Waals surface area (Å²) in [5, 5.41) is 0. The van der Waals surface area contributed by atoms with E-state index in [0.717, 1.165) is 18.2 Å². The molecule has 15 heteroatoms. The Morgan fingerprint density at radius 2 is 1.58 bits per heavy atom. The van der Waals surface area contributed by atoms with Crippen LogP contribution in [0.1, 0.15) is 48.0 Å². The summed E-state index contributed by atoms with van der Waals surface area (Å²) in [6.07, 6.45) is -11.0. The molecule has 4 aliphatic rings. The predicted octanol–water partition coefficient (Wildman–Crippen LogP) is 4.20. The number of esters is 2. The van der Waals surface area contributed by atoms with Crippen molar-refractivity contribution < 1.29 is 63.2 Å². The van der Waals surface area contributed by atoms with Crippen molar-refractivity contribution in [1.82, 2.24) is 0 Å². The van der Waals surface area contributed by atoms with Crippen LogP contribution in [0.2, 0.25) is 0 Å². The summed E-state index contributed by atoms with van der Waals surface area (Å²) in [7, 11) is -5.97. The number of Topliss-reactive ketones (excluding diaryl/α,β-unsaturated/α-hetero) is 1. The zero-order valence-corrected chi connectivity index (χ0v) is 20.5. The van der Waals surface area contributed by atoms with Gasteiger partial charge in [-0.15, -0.1) is 0 Å². The molecule has 1 N–H and O–H groups in total. The van der Waals surface area contributed by atoms with Crippen LogP contribution in [0.4, 0.5) is 26.3 Å². The summed E-state index contributed by atoms with van der Waals surface area (Å²) < 4.78 is 122.